The fraction of sp³-hybridized carbons (Fsp3) is 0.786. The lowest BCUT2D eigenvalue weighted by molar-refractivity contribution is -0.138. The van der Waals surface area contributed by atoms with Crippen molar-refractivity contribution in [3.05, 3.63) is 0 Å². The van der Waals surface area contributed by atoms with Crippen LogP contribution in [0.2, 0.25) is 0 Å². The van der Waals surface area contributed by atoms with Crippen LogP contribution in [0.5, 0.6) is 0 Å². The zero-order valence-electron chi connectivity index (χ0n) is 10.8. The normalized spacial score (nSPS) is 22.2. The number of carbonyl (C=O) groups excluding carboxylic acids is 2. The minimum absolute atomic E-state index is 0. The third-order valence-corrected chi connectivity index (χ3v) is 3.58. The quantitative estimate of drug-likeness (QED) is 0.777. The van der Waals surface area contributed by atoms with Gasteiger partial charge in [0.15, 0.2) is 0 Å². The summed E-state index contributed by atoms with van der Waals surface area (Å²) in [4.78, 5) is 32.8. The molecule has 5 nitrogen and oxygen atoms in total. The molecule has 0 saturated heterocycles. The minimum Gasteiger partial charge on any atom is -0.481 e. The van der Waals surface area contributed by atoms with Gasteiger partial charge in [-0.05, 0) is 38.5 Å². The molecule has 1 aliphatic carbocycles. The van der Waals surface area contributed by atoms with Crippen molar-refractivity contribution in [2.75, 3.05) is 6.54 Å². The van der Waals surface area contributed by atoms with E-state index in [9.17, 15) is 14.4 Å². The van der Waals surface area contributed by atoms with E-state index in [2.05, 4.69) is 5.32 Å². The Kier molecular flexibility index (Phi) is 8.03. The van der Waals surface area contributed by atoms with Crippen LogP contribution in [0.1, 0.15) is 54.3 Å². The number of Topliss-reactive ketones (excluding diaryl/α,β-unsaturated/α-hetero) is 1. The molecule has 1 rings (SSSR count). The highest BCUT2D eigenvalue weighted by Gasteiger charge is 2.24. The molecule has 0 atom stereocenters. The topological polar surface area (TPSA) is 83.5 Å². The second-order valence-electron chi connectivity index (χ2n) is 5.03. The van der Waals surface area contributed by atoms with Crippen LogP contribution in [0, 0.1) is 11.8 Å². The first kappa shape index (κ1) is 17.6. The molecule has 0 aromatic rings. The van der Waals surface area contributed by atoms with Crippen molar-refractivity contribution < 1.29 is 20.9 Å². The van der Waals surface area contributed by atoms with Crippen LogP contribution in [0.4, 0.5) is 0 Å². The van der Waals surface area contributed by atoms with Crippen LogP contribution >= 0.6 is 0 Å². The number of carbonyl (C=O) groups is 3. The van der Waals surface area contributed by atoms with Gasteiger partial charge in [0.2, 0.25) is 5.91 Å². The van der Waals surface area contributed by atoms with Gasteiger partial charge in [-0.1, -0.05) is 7.43 Å². The van der Waals surface area contributed by atoms with Crippen molar-refractivity contribution in [1.29, 1.82) is 0 Å². The number of aliphatic carboxylic acids is 1. The third kappa shape index (κ3) is 6.94. The van der Waals surface area contributed by atoms with Gasteiger partial charge >= 0.3 is 5.97 Å². The summed E-state index contributed by atoms with van der Waals surface area (Å²) < 4.78 is 0. The highest BCUT2D eigenvalue weighted by atomic mass is 16.4. The molecular formula is C14H27NO4. The maximum absolute atomic E-state index is 11.3. The first-order valence-corrected chi connectivity index (χ1v) is 6.48. The van der Waals surface area contributed by atoms with E-state index < -0.39 is 5.97 Å². The fourth-order valence-electron chi connectivity index (χ4n) is 2.34. The predicted molar refractivity (Wildman–Crippen MR) is 74.9 cm³/mol. The molecular weight excluding hydrogens is 246 g/mol. The molecule has 0 aliphatic heterocycles. The fourth-order valence-corrected chi connectivity index (χ4v) is 2.34. The maximum Gasteiger partial charge on any atom is 0.303 e. The van der Waals surface area contributed by atoms with Gasteiger partial charge < -0.3 is 10.4 Å². The van der Waals surface area contributed by atoms with E-state index in [0.717, 1.165) is 25.7 Å². The first-order valence-electron chi connectivity index (χ1n) is 6.48. The number of amides is 1. The van der Waals surface area contributed by atoms with Crippen LogP contribution in [0.15, 0.2) is 0 Å². The Morgan fingerprint density at radius 1 is 1.16 bits per heavy atom. The van der Waals surface area contributed by atoms with Gasteiger partial charge in [-0.2, -0.15) is 0 Å². The molecule has 1 fully saturated rings. The lowest BCUT2D eigenvalue weighted by Crippen LogP contribution is -2.32. The molecule has 112 valence electrons. The van der Waals surface area contributed by atoms with Crippen LogP contribution in [0.3, 0.4) is 0 Å². The highest BCUT2D eigenvalue weighted by Crippen LogP contribution is 2.28. The smallest absolute Gasteiger partial charge is 0.303 e. The minimum atomic E-state index is -0.952. The predicted octanol–water partition coefficient (Wildman–Crippen LogP) is 2.24. The molecule has 0 unspecified atom stereocenters. The molecule has 0 heterocycles. The van der Waals surface area contributed by atoms with Gasteiger partial charge in [0.1, 0.15) is 5.78 Å². The number of carboxylic acid groups (broad SMARTS) is 1. The summed E-state index contributed by atoms with van der Waals surface area (Å²) in [5.74, 6) is -0.268. The molecule has 19 heavy (non-hydrogen) atoms. The zero-order valence-corrected chi connectivity index (χ0v) is 10.8. The van der Waals surface area contributed by atoms with E-state index >= 15 is 0 Å². The van der Waals surface area contributed by atoms with Gasteiger partial charge in [-0.15, -0.1) is 0 Å². The van der Waals surface area contributed by atoms with Crippen LogP contribution < -0.4 is 5.32 Å². The van der Waals surface area contributed by atoms with Gasteiger partial charge in [0.25, 0.3) is 0 Å². The van der Waals surface area contributed by atoms with E-state index in [4.69, 9.17) is 5.11 Å². The van der Waals surface area contributed by atoms with Gasteiger partial charge in [-0.3, -0.25) is 14.4 Å². The first-order chi connectivity index (χ1) is 8.49. The SMILES string of the molecule is C.CC(=O)C1CCC(CNC(=O)CCC(=O)O)CC1.[HH]. The van der Waals surface area contributed by atoms with Crippen molar-refractivity contribution in [3.8, 4) is 0 Å². The van der Waals surface area contributed by atoms with E-state index in [1.54, 1.807) is 6.92 Å². The number of carboxylic acids is 1. The van der Waals surface area contributed by atoms with Crippen LogP contribution in [-0.2, 0) is 14.4 Å². The third-order valence-electron chi connectivity index (χ3n) is 3.58. The van der Waals surface area contributed by atoms with Crippen LogP contribution in [0.25, 0.3) is 0 Å². The monoisotopic (exact) mass is 273 g/mol. The average Bonchev–Trinajstić information content (AvgIpc) is 2.34. The Morgan fingerprint density at radius 2 is 1.74 bits per heavy atom. The summed E-state index contributed by atoms with van der Waals surface area (Å²) in [6.07, 6.45) is 3.66. The largest absolute Gasteiger partial charge is 0.481 e. The van der Waals surface area contributed by atoms with Gasteiger partial charge in [-0.25, -0.2) is 0 Å². The van der Waals surface area contributed by atoms with Crippen molar-refractivity contribution in [1.82, 2.24) is 5.32 Å². The Hall–Kier alpha value is -1.39. The summed E-state index contributed by atoms with van der Waals surface area (Å²) in [5.41, 5.74) is 0. The molecule has 0 spiro atoms. The van der Waals surface area contributed by atoms with Crippen molar-refractivity contribution in [3.63, 3.8) is 0 Å². The summed E-state index contributed by atoms with van der Waals surface area (Å²) in [7, 11) is 0. The summed E-state index contributed by atoms with van der Waals surface area (Å²) in [6, 6.07) is 0. The standard InChI is InChI=1S/C13H21NO4.CH4.H2/c1-9(15)11-4-2-10(3-5-11)8-14-12(16)6-7-13(17)18;;/h10-11H,2-8H2,1H3,(H,14,16)(H,17,18);1H4;1H. The Morgan fingerprint density at radius 3 is 2.21 bits per heavy atom. The molecule has 0 radical (unpaired) electrons. The molecule has 1 amide bonds. The summed E-state index contributed by atoms with van der Waals surface area (Å²) in [6.45, 7) is 2.24. The van der Waals surface area contributed by atoms with E-state index in [1.807, 2.05) is 0 Å². The molecule has 0 bridgehead atoms. The van der Waals surface area contributed by atoms with E-state index in [-0.39, 0.29) is 39.3 Å². The number of nitrogens with one attached hydrogen (secondary N) is 1. The molecule has 2 N–H and O–H groups in total. The summed E-state index contributed by atoms with van der Waals surface area (Å²) >= 11 is 0. The Bertz CT molecular complexity index is 325. The number of ketones is 1. The maximum atomic E-state index is 11.3. The van der Waals surface area contributed by atoms with Crippen molar-refractivity contribution >= 4 is 17.7 Å². The van der Waals surface area contributed by atoms with Crippen molar-refractivity contribution in [2.24, 2.45) is 11.8 Å². The number of hydrogen-bond donors (Lipinski definition) is 2. The highest BCUT2D eigenvalue weighted by molar-refractivity contribution is 5.80. The number of rotatable bonds is 6. The van der Waals surface area contributed by atoms with E-state index in [1.165, 1.54) is 0 Å². The van der Waals surface area contributed by atoms with Crippen molar-refractivity contribution in [2.45, 2.75) is 52.9 Å². The number of hydrogen-bond acceptors (Lipinski definition) is 3. The lowest BCUT2D eigenvalue weighted by atomic mass is 9.80. The van der Waals surface area contributed by atoms with Gasteiger partial charge in [0, 0.05) is 20.3 Å². The Labute approximate surface area is 116 Å². The molecule has 0 aromatic heterocycles. The second kappa shape index (κ2) is 8.67. The van der Waals surface area contributed by atoms with Crippen LogP contribution in [-0.4, -0.2) is 29.3 Å². The molecule has 0 aromatic carbocycles. The zero-order chi connectivity index (χ0) is 13.5. The average molecular weight is 273 g/mol. The molecule has 5 heteroatoms. The lowest BCUT2D eigenvalue weighted by Gasteiger charge is -2.27. The Balaban J connectivity index is 0. The van der Waals surface area contributed by atoms with E-state index in [0.29, 0.717) is 12.5 Å². The summed E-state index contributed by atoms with van der Waals surface area (Å²) in [5, 5.41) is 11.2. The molecule has 1 aliphatic rings. The second-order valence-corrected chi connectivity index (χ2v) is 5.03. The molecule has 1 saturated carbocycles. The van der Waals surface area contributed by atoms with Gasteiger partial charge in [0.05, 0.1) is 6.42 Å².